The average Bonchev–Trinajstić information content (AvgIpc) is 1.84. The van der Waals surface area contributed by atoms with Crippen LogP contribution in [0.5, 0.6) is 0 Å². The zero-order chi connectivity index (χ0) is 7.72. The van der Waals surface area contributed by atoms with Gasteiger partial charge in [-0.25, -0.2) is 4.39 Å². The predicted molar refractivity (Wildman–Crippen MR) is 40.0 cm³/mol. The maximum absolute atomic E-state index is 12.6. The van der Waals surface area contributed by atoms with Crippen molar-refractivity contribution in [2.75, 3.05) is 11.5 Å². The molecule has 0 atom stereocenters. The molecule has 1 aromatic rings. The van der Waals surface area contributed by atoms with Crippen LogP contribution in [-0.4, -0.2) is 0 Å². The second-order valence-electron chi connectivity index (χ2n) is 2.23. The third kappa shape index (κ3) is 1.03. The molecule has 10 heavy (non-hydrogen) atoms. The molecule has 2 nitrogen and oxygen atoms in total. The van der Waals surface area contributed by atoms with Crippen molar-refractivity contribution in [1.82, 2.24) is 0 Å². The van der Waals surface area contributed by atoms with E-state index in [1.54, 1.807) is 6.92 Å². The van der Waals surface area contributed by atoms with E-state index in [2.05, 4.69) is 0 Å². The van der Waals surface area contributed by atoms with Gasteiger partial charge in [0, 0.05) is 5.69 Å². The normalized spacial score (nSPS) is 9.80. The summed E-state index contributed by atoms with van der Waals surface area (Å²) in [4.78, 5) is 0. The fraction of sp³-hybridized carbons (Fsp3) is 0.143. The standard InChI is InChI=1S/C7H9FN2/c1-4-2-5(8)7(10)3-6(4)9/h2-3H,9-10H2,1H3. The van der Waals surface area contributed by atoms with E-state index in [0.29, 0.717) is 11.3 Å². The number of halogens is 1. The van der Waals surface area contributed by atoms with Gasteiger partial charge in [-0.1, -0.05) is 0 Å². The van der Waals surface area contributed by atoms with Gasteiger partial charge in [0.1, 0.15) is 5.82 Å². The van der Waals surface area contributed by atoms with Crippen LogP contribution in [0.2, 0.25) is 0 Å². The van der Waals surface area contributed by atoms with Crippen LogP contribution in [0.3, 0.4) is 0 Å². The Labute approximate surface area is 58.6 Å². The van der Waals surface area contributed by atoms with Gasteiger partial charge >= 0.3 is 0 Å². The molecule has 0 unspecified atom stereocenters. The van der Waals surface area contributed by atoms with E-state index in [9.17, 15) is 4.39 Å². The summed E-state index contributed by atoms with van der Waals surface area (Å²) in [7, 11) is 0. The van der Waals surface area contributed by atoms with Crippen molar-refractivity contribution >= 4 is 11.4 Å². The molecule has 4 N–H and O–H groups in total. The molecule has 0 aliphatic heterocycles. The van der Waals surface area contributed by atoms with Crippen molar-refractivity contribution < 1.29 is 4.39 Å². The highest BCUT2D eigenvalue weighted by molar-refractivity contribution is 5.56. The Hall–Kier alpha value is -1.25. The number of nitrogen functional groups attached to an aromatic ring is 2. The topological polar surface area (TPSA) is 52.0 Å². The molecule has 3 heteroatoms. The zero-order valence-electron chi connectivity index (χ0n) is 5.69. The lowest BCUT2D eigenvalue weighted by atomic mass is 10.2. The molecule has 0 saturated carbocycles. The minimum atomic E-state index is -0.410. The molecule has 0 aromatic heterocycles. The van der Waals surface area contributed by atoms with Crippen LogP contribution >= 0.6 is 0 Å². The molecular formula is C7H9FN2. The minimum Gasteiger partial charge on any atom is -0.398 e. The van der Waals surface area contributed by atoms with Crippen molar-refractivity contribution in [3.63, 3.8) is 0 Å². The van der Waals surface area contributed by atoms with Crippen LogP contribution in [-0.2, 0) is 0 Å². The van der Waals surface area contributed by atoms with E-state index in [-0.39, 0.29) is 5.69 Å². The number of benzene rings is 1. The van der Waals surface area contributed by atoms with Crippen molar-refractivity contribution in [2.24, 2.45) is 0 Å². The Kier molecular flexibility index (Phi) is 1.49. The lowest BCUT2D eigenvalue weighted by molar-refractivity contribution is 0.631. The summed E-state index contributed by atoms with van der Waals surface area (Å²) in [5.74, 6) is -0.410. The summed E-state index contributed by atoms with van der Waals surface area (Å²) in [6.45, 7) is 1.73. The van der Waals surface area contributed by atoms with Gasteiger partial charge in [0.25, 0.3) is 0 Å². The second-order valence-corrected chi connectivity index (χ2v) is 2.23. The lowest BCUT2D eigenvalue weighted by Gasteiger charge is -2.01. The summed E-state index contributed by atoms with van der Waals surface area (Å²) in [5, 5.41) is 0. The van der Waals surface area contributed by atoms with Crippen molar-refractivity contribution in [1.29, 1.82) is 0 Å². The predicted octanol–water partition coefficient (Wildman–Crippen LogP) is 1.30. The molecule has 0 spiro atoms. The maximum Gasteiger partial charge on any atom is 0.146 e. The van der Waals surface area contributed by atoms with Gasteiger partial charge in [0.15, 0.2) is 0 Å². The molecule has 0 amide bonds. The summed E-state index contributed by atoms with van der Waals surface area (Å²) in [6.07, 6.45) is 0. The van der Waals surface area contributed by atoms with Crippen LogP contribution in [0.4, 0.5) is 15.8 Å². The highest BCUT2D eigenvalue weighted by Gasteiger charge is 1.99. The van der Waals surface area contributed by atoms with Gasteiger partial charge in [-0.2, -0.15) is 0 Å². The first kappa shape index (κ1) is 6.86. The van der Waals surface area contributed by atoms with E-state index >= 15 is 0 Å². The van der Waals surface area contributed by atoms with Crippen LogP contribution in [0, 0.1) is 12.7 Å². The van der Waals surface area contributed by atoms with E-state index in [4.69, 9.17) is 11.5 Å². The largest absolute Gasteiger partial charge is 0.398 e. The number of nitrogens with two attached hydrogens (primary N) is 2. The number of hydrogen-bond acceptors (Lipinski definition) is 2. The summed E-state index contributed by atoms with van der Waals surface area (Å²) in [6, 6.07) is 2.75. The summed E-state index contributed by atoms with van der Waals surface area (Å²) in [5.41, 5.74) is 12.0. The first-order valence-corrected chi connectivity index (χ1v) is 2.92. The van der Waals surface area contributed by atoms with E-state index in [0.717, 1.165) is 0 Å². The SMILES string of the molecule is Cc1cc(F)c(N)cc1N. The first-order valence-electron chi connectivity index (χ1n) is 2.92. The van der Waals surface area contributed by atoms with Crippen LogP contribution in [0.15, 0.2) is 12.1 Å². The number of rotatable bonds is 0. The Morgan fingerprint density at radius 2 is 1.80 bits per heavy atom. The quantitative estimate of drug-likeness (QED) is 0.533. The van der Waals surface area contributed by atoms with E-state index in [1.165, 1.54) is 12.1 Å². The number of aryl methyl sites for hydroxylation is 1. The summed E-state index contributed by atoms with van der Waals surface area (Å²) < 4.78 is 12.6. The molecular weight excluding hydrogens is 131 g/mol. The van der Waals surface area contributed by atoms with Crippen LogP contribution in [0.25, 0.3) is 0 Å². The van der Waals surface area contributed by atoms with Crippen LogP contribution < -0.4 is 11.5 Å². The van der Waals surface area contributed by atoms with Crippen LogP contribution in [0.1, 0.15) is 5.56 Å². The maximum atomic E-state index is 12.6. The molecule has 54 valence electrons. The molecule has 0 aliphatic rings. The third-order valence-corrected chi connectivity index (χ3v) is 1.39. The third-order valence-electron chi connectivity index (χ3n) is 1.39. The van der Waals surface area contributed by atoms with Gasteiger partial charge in [0.2, 0.25) is 0 Å². The minimum absolute atomic E-state index is 0.100. The molecule has 0 fully saturated rings. The molecule has 1 rings (SSSR count). The smallest absolute Gasteiger partial charge is 0.146 e. The second kappa shape index (κ2) is 2.17. The van der Waals surface area contributed by atoms with Gasteiger partial charge < -0.3 is 11.5 Å². The molecule has 0 aliphatic carbocycles. The monoisotopic (exact) mass is 140 g/mol. The van der Waals surface area contributed by atoms with Crippen molar-refractivity contribution in [2.45, 2.75) is 6.92 Å². The molecule has 0 heterocycles. The summed E-state index contributed by atoms with van der Waals surface area (Å²) >= 11 is 0. The Morgan fingerprint density at radius 1 is 1.20 bits per heavy atom. The molecule has 0 radical (unpaired) electrons. The van der Waals surface area contributed by atoms with Gasteiger partial charge in [-0.05, 0) is 24.6 Å². The van der Waals surface area contributed by atoms with E-state index < -0.39 is 5.82 Å². The molecule has 0 bridgehead atoms. The number of anilines is 2. The fourth-order valence-corrected chi connectivity index (χ4v) is 0.707. The lowest BCUT2D eigenvalue weighted by Crippen LogP contribution is -1.96. The van der Waals surface area contributed by atoms with E-state index in [1.807, 2.05) is 0 Å². The highest BCUT2D eigenvalue weighted by atomic mass is 19.1. The number of hydrogen-bond donors (Lipinski definition) is 2. The zero-order valence-corrected chi connectivity index (χ0v) is 5.69. The molecule has 1 aromatic carbocycles. The van der Waals surface area contributed by atoms with Crippen molar-refractivity contribution in [3.8, 4) is 0 Å². The Morgan fingerprint density at radius 3 is 2.30 bits per heavy atom. The van der Waals surface area contributed by atoms with Gasteiger partial charge in [0.05, 0.1) is 5.69 Å². The Balaban J connectivity index is 3.28. The van der Waals surface area contributed by atoms with Crippen molar-refractivity contribution in [3.05, 3.63) is 23.5 Å². The van der Waals surface area contributed by atoms with Gasteiger partial charge in [-0.15, -0.1) is 0 Å². The first-order chi connectivity index (χ1) is 4.61. The highest BCUT2D eigenvalue weighted by Crippen LogP contribution is 2.17. The molecule has 0 saturated heterocycles. The van der Waals surface area contributed by atoms with Gasteiger partial charge in [-0.3, -0.25) is 0 Å². The fourth-order valence-electron chi connectivity index (χ4n) is 0.707. The Bertz CT molecular complexity index is 208. The average molecular weight is 140 g/mol.